The van der Waals surface area contributed by atoms with Crippen molar-refractivity contribution in [2.75, 3.05) is 16.8 Å². The van der Waals surface area contributed by atoms with Gasteiger partial charge in [-0.2, -0.15) is 11.8 Å². The van der Waals surface area contributed by atoms with Crippen LogP contribution in [0.5, 0.6) is 0 Å². The van der Waals surface area contributed by atoms with E-state index in [1.807, 2.05) is 6.07 Å². The fourth-order valence-electron chi connectivity index (χ4n) is 1.84. The van der Waals surface area contributed by atoms with Crippen LogP contribution in [0, 0.1) is 13.8 Å². The van der Waals surface area contributed by atoms with Gasteiger partial charge >= 0.3 is 5.97 Å². The number of rotatable bonds is 7. The van der Waals surface area contributed by atoms with Crippen LogP contribution < -0.4 is 11.1 Å². The SMILES string of the molecule is Cc1cc(C)c(NC(=O)CCSCC(N)=O)c(C(=O)O)c1. The molecule has 2 amide bonds. The third kappa shape index (κ3) is 5.47. The second-order valence-corrected chi connectivity index (χ2v) is 5.73. The van der Waals surface area contributed by atoms with Crippen LogP contribution in [0.3, 0.4) is 0 Å². The van der Waals surface area contributed by atoms with Crippen molar-refractivity contribution < 1.29 is 19.5 Å². The third-order valence-corrected chi connectivity index (χ3v) is 3.67. The number of aromatic carboxylic acids is 1. The summed E-state index contributed by atoms with van der Waals surface area (Å²) in [6.45, 7) is 3.54. The van der Waals surface area contributed by atoms with E-state index in [1.54, 1.807) is 13.8 Å². The van der Waals surface area contributed by atoms with Gasteiger partial charge in [-0.25, -0.2) is 4.79 Å². The van der Waals surface area contributed by atoms with Crippen molar-refractivity contribution in [1.29, 1.82) is 0 Å². The van der Waals surface area contributed by atoms with Gasteiger partial charge in [-0.1, -0.05) is 6.07 Å². The van der Waals surface area contributed by atoms with Gasteiger partial charge in [0.15, 0.2) is 0 Å². The van der Waals surface area contributed by atoms with E-state index in [9.17, 15) is 19.5 Å². The number of hydrogen-bond acceptors (Lipinski definition) is 4. The topological polar surface area (TPSA) is 109 Å². The Bertz CT molecular complexity index is 572. The molecule has 6 nitrogen and oxygen atoms in total. The maximum Gasteiger partial charge on any atom is 0.337 e. The largest absolute Gasteiger partial charge is 0.478 e. The predicted octanol–water partition coefficient (Wildman–Crippen LogP) is 1.55. The lowest BCUT2D eigenvalue weighted by atomic mass is 10.0. The van der Waals surface area contributed by atoms with Crippen LogP contribution in [0.2, 0.25) is 0 Å². The number of amides is 2. The van der Waals surface area contributed by atoms with Crippen molar-refractivity contribution in [3.8, 4) is 0 Å². The van der Waals surface area contributed by atoms with E-state index >= 15 is 0 Å². The van der Waals surface area contributed by atoms with Crippen molar-refractivity contribution in [3.63, 3.8) is 0 Å². The summed E-state index contributed by atoms with van der Waals surface area (Å²) >= 11 is 1.27. The first-order valence-corrected chi connectivity index (χ1v) is 7.47. The molecule has 1 aromatic rings. The number of hydrogen-bond donors (Lipinski definition) is 3. The van der Waals surface area contributed by atoms with Crippen LogP contribution in [-0.2, 0) is 9.59 Å². The van der Waals surface area contributed by atoms with E-state index in [0.29, 0.717) is 17.0 Å². The van der Waals surface area contributed by atoms with Crippen molar-refractivity contribution in [3.05, 3.63) is 28.8 Å². The molecule has 21 heavy (non-hydrogen) atoms. The van der Waals surface area contributed by atoms with E-state index in [4.69, 9.17) is 5.73 Å². The smallest absolute Gasteiger partial charge is 0.337 e. The highest BCUT2D eigenvalue weighted by Crippen LogP contribution is 2.23. The molecule has 0 radical (unpaired) electrons. The molecule has 0 saturated heterocycles. The van der Waals surface area contributed by atoms with Crippen LogP contribution in [0.15, 0.2) is 12.1 Å². The van der Waals surface area contributed by atoms with Gasteiger partial charge in [0.1, 0.15) is 0 Å². The Balaban J connectivity index is 2.72. The zero-order valence-corrected chi connectivity index (χ0v) is 12.8. The van der Waals surface area contributed by atoms with Crippen LogP contribution in [-0.4, -0.2) is 34.4 Å². The predicted molar refractivity (Wildman–Crippen MR) is 82.6 cm³/mol. The van der Waals surface area contributed by atoms with Crippen LogP contribution in [0.4, 0.5) is 5.69 Å². The van der Waals surface area contributed by atoms with Crippen molar-refractivity contribution in [2.45, 2.75) is 20.3 Å². The van der Waals surface area contributed by atoms with Crippen LogP contribution in [0.25, 0.3) is 0 Å². The highest BCUT2D eigenvalue weighted by atomic mass is 32.2. The molecular weight excluding hydrogens is 292 g/mol. The summed E-state index contributed by atoms with van der Waals surface area (Å²) in [5, 5.41) is 11.8. The maximum atomic E-state index is 11.8. The van der Waals surface area contributed by atoms with Gasteiger partial charge in [-0.3, -0.25) is 9.59 Å². The molecule has 7 heteroatoms. The number of aryl methyl sites for hydroxylation is 2. The molecule has 1 aromatic carbocycles. The molecule has 0 saturated carbocycles. The number of carbonyl (C=O) groups is 3. The summed E-state index contributed by atoms with van der Waals surface area (Å²) in [5.41, 5.74) is 6.91. The first-order valence-electron chi connectivity index (χ1n) is 6.31. The molecule has 1 rings (SSSR count). The lowest BCUT2D eigenvalue weighted by molar-refractivity contribution is -0.116. The number of carboxylic acids is 1. The minimum atomic E-state index is -1.08. The molecule has 0 fully saturated rings. The number of anilines is 1. The molecule has 0 aliphatic rings. The fraction of sp³-hybridized carbons (Fsp3) is 0.357. The van der Waals surface area contributed by atoms with Gasteiger partial charge in [0.2, 0.25) is 11.8 Å². The third-order valence-electron chi connectivity index (χ3n) is 2.69. The van der Waals surface area contributed by atoms with E-state index < -0.39 is 11.9 Å². The normalized spacial score (nSPS) is 10.2. The molecular formula is C14H18N2O4S. The number of primary amides is 1. The van der Waals surface area contributed by atoms with Gasteiger partial charge < -0.3 is 16.2 Å². The van der Waals surface area contributed by atoms with Gasteiger partial charge in [-0.05, 0) is 31.0 Å². The first-order chi connectivity index (χ1) is 9.81. The molecule has 0 bridgehead atoms. The number of carboxylic acid groups (broad SMARTS) is 1. The number of carbonyl (C=O) groups excluding carboxylic acids is 2. The summed E-state index contributed by atoms with van der Waals surface area (Å²) < 4.78 is 0. The monoisotopic (exact) mass is 310 g/mol. The Labute approximate surface area is 127 Å². The van der Waals surface area contributed by atoms with E-state index in [0.717, 1.165) is 5.56 Å². The molecule has 0 unspecified atom stereocenters. The Morgan fingerprint density at radius 3 is 2.52 bits per heavy atom. The van der Waals surface area contributed by atoms with Crippen molar-refractivity contribution in [1.82, 2.24) is 0 Å². The molecule has 0 heterocycles. The molecule has 0 spiro atoms. The first kappa shape index (κ1) is 17.0. The summed E-state index contributed by atoms with van der Waals surface area (Å²) in [4.78, 5) is 33.6. The Hall–Kier alpha value is -2.02. The quantitative estimate of drug-likeness (QED) is 0.662. The Kier molecular flexibility index (Phi) is 6.23. The van der Waals surface area contributed by atoms with Gasteiger partial charge in [-0.15, -0.1) is 0 Å². The van der Waals surface area contributed by atoms with Crippen molar-refractivity contribution >= 4 is 35.2 Å². The van der Waals surface area contributed by atoms with Gasteiger partial charge in [0, 0.05) is 12.2 Å². The van der Waals surface area contributed by atoms with E-state index in [2.05, 4.69) is 5.32 Å². The summed E-state index contributed by atoms with van der Waals surface area (Å²) in [6.07, 6.45) is 0.185. The van der Waals surface area contributed by atoms with Crippen LogP contribution in [0.1, 0.15) is 27.9 Å². The standard InChI is InChI=1S/C14H18N2O4S/c1-8-5-9(2)13(10(6-8)14(19)20)16-12(18)3-4-21-7-11(15)17/h5-6H,3-4,7H2,1-2H3,(H2,15,17)(H,16,18)(H,19,20). The molecule has 0 aliphatic carbocycles. The Morgan fingerprint density at radius 2 is 1.95 bits per heavy atom. The van der Waals surface area contributed by atoms with Crippen LogP contribution >= 0.6 is 11.8 Å². The number of nitrogens with one attached hydrogen (secondary N) is 1. The van der Waals surface area contributed by atoms with Gasteiger partial charge in [0.25, 0.3) is 0 Å². The average molecular weight is 310 g/mol. The molecule has 114 valence electrons. The zero-order chi connectivity index (χ0) is 16.0. The average Bonchev–Trinajstić information content (AvgIpc) is 2.37. The second kappa shape index (κ2) is 7.68. The van der Waals surface area contributed by atoms with E-state index in [1.165, 1.54) is 17.8 Å². The summed E-state index contributed by atoms with van der Waals surface area (Å²) in [6, 6.07) is 3.33. The lowest BCUT2D eigenvalue weighted by Crippen LogP contribution is -2.17. The maximum absolute atomic E-state index is 11.8. The molecule has 4 N–H and O–H groups in total. The zero-order valence-electron chi connectivity index (χ0n) is 11.9. The van der Waals surface area contributed by atoms with Gasteiger partial charge in [0.05, 0.1) is 17.0 Å². The molecule has 0 aliphatic heterocycles. The summed E-state index contributed by atoms with van der Waals surface area (Å²) in [5.74, 6) is -1.19. The Morgan fingerprint density at radius 1 is 1.29 bits per heavy atom. The number of nitrogens with two attached hydrogens (primary N) is 1. The fourth-order valence-corrected chi connectivity index (χ4v) is 2.52. The number of benzene rings is 1. The number of thioether (sulfide) groups is 1. The lowest BCUT2D eigenvalue weighted by Gasteiger charge is -2.12. The van der Waals surface area contributed by atoms with Crippen molar-refractivity contribution in [2.24, 2.45) is 5.73 Å². The molecule has 0 atom stereocenters. The summed E-state index contributed by atoms with van der Waals surface area (Å²) in [7, 11) is 0. The minimum absolute atomic E-state index is 0.0747. The highest BCUT2D eigenvalue weighted by molar-refractivity contribution is 7.99. The minimum Gasteiger partial charge on any atom is -0.478 e. The highest BCUT2D eigenvalue weighted by Gasteiger charge is 2.15. The second-order valence-electron chi connectivity index (χ2n) is 4.63. The van der Waals surface area contributed by atoms with E-state index in [-0.39, 0.29) is 23.6 Å². The molecule has 0 aromatic heterocycles.